The Hall–Kier alpha value is -3.56. The molecule has 1 aliphatic rings. The molecule has 0 spiro atoms. The molecule has 4 rings (SSSR count). The summed E-state index contributed by atoms with van der Waals surface area (Å²) in [6, 6.07) is 21.9. The third kappa shape index (κ3) is 4.37. The Kier molecular flexibility index (Phi) is 5.82. The van der Waals surface area contributed by atoms with Gasteiger partial charge in [0.05, 0.1) is 18.4 Å². The first-order valence-electron chi connectivity index (χ1n) is 10.0. The molecule has 1 fully saturated rings. The summed E-state index contributed by atoms with van der Waals surface area (Å²) in [6.45, 7) is 4.22. The highest BCUT2D eigenvalue weighted by atomic mass is 16.5. The molecule has 0 unspecified atom stereocenters. The van der Waals surface area contributed by atoms with E-state index in [2.05, 4.69) is 40.4 Å². The van der Waals surface area contributed by atoms with Gasteiger partial charge in [-0.05, 0) is 67.7 Å². The topological polar surface area (TPSA) is 64.4 Å². The molecule has 1 N–H and O–H groups in total. The number of nitrogens with zero attached hydrogens (tertiary/aromatic N) is 4. The van der Waals surface area contributed by atoms with E-state index in [4.69, 9.17) is 9.72 Å². The van der Waals surface area contributed by atoms with E-state index in [0.29, 0.717) is 11.4 Å². The number of piperazine rings is 1. The van der Waals surface area contributed by atoms with Gasteiger partial charge in [0, 0.05) is 43.1 Å². The second-order valence-electron chi connectivity index (χ2n) is 7.40. The minimum atomic E-state index is 0.510. The van der Waals surface area contributed by atoms with Gasteiger partial charge in [-0.1, -0.05) is 0 Å². The second kappa shape index (κ2) is 8.85. The van der Waals surface area contributed by atoms with E-state index >= 15 is 0 Å². The molecule has 0 saturated carbocycles. The highest BCUT2D eigenvalue weighted by Gasteiger charge is 2.14. The molecular formula is C24H25N5O. The molecule has 1 aliphatic heterocycles. The van der Waals surface area contributed by atoms with Crippen LogP contribution in [0.5, 0.6) is 5.75 Å². The van der Waals surface area contributed by atoms with Crippen LogP contribution >= 0.6 is 0 Å². The Morgan fingerprint density at radius 3 is 2.27 bits per heavy atom. The quantitative estimate of drug-likeness (QED) is 0.696. The molecule has 6 heteroatoms. The third-order valence-electron chi connectivity index (χ3n) is 5.40. The van der Waals surface area contributed by atoms with Gasteiger partial charge >= 0.3 is 0 Å². The first-order valence-corrected chi connectivity index (χ1v) is 10.0. The molecule has 3 aromatic rings. The van der Waals surface area contributed by atoms with E-state index in [0.717, 1.165) is 48.9 Å². The number of aromatic nitrogens is 1. The molecule has 0 amide bonds. The molecule has 152 valence electrons. The number of likely N-dealkylation sites (N-methyl/N-ethyl adjacent to an activating group) is 1. The highest BCUT2D eigenvalue weighted by Crippen LogP contribution is 2.27. The monoisotopic (exact) mass is 399 g/mol. The number of nitriles is 1. The molecule has 1 aromatic heterocycles. The average molecular weight is 399 g/mol. The minimum Gasteiger partial charge on any atom is -0.497 e. The largest absolute Gasteiger partial charge is 0.497 e. The molecule has 1 saturated heterocycles. The van der Waals surface area contributed by atoms with Crippen molar-refractivity contribution in [2.24, 2.45) is 0 Å². The van der Waals surface area contributed by atoms with Crippen molar-refractivity contribution < 1.29 is 4.74 Å². The number of rotatable bonds is 5. The van der Waals surface area contributed by atoms with Crippen LogP contribution in [-0.4, -0.2) is 50.2 Å². The number of ether oxygens (including phenoxy) is 1. The van der Waals surface area contributed by atoms with Gasteiger partial charge in [0.1, 0.15) is 17.6 Å². The van der Waals surface area contributed by atoms with Crippen LogP contribution in [0.3, 0.4) is 0 Å². The number of benzene rings is 2. The molecule has 0 bridgehead atoms. The van der Waals surface area contributed by atoms with Crippen molar-refractivity contribution in [3.05, 3.63) is 66.2 Å². The predicted octanol–water partition coefficient (Wildman–Crippen LogP) is 4.12. The summed E-state index contributed by atoms with van der Waals surface area (Å²) in [5.41, 5.74) is 4.40. The number of hydrogen-bond donors (Lipinski definition) is 1. The summed E-state index contributed by atoms with van der Waals surface area (Å²) in [5, 5.41) is 12.8. The zero-order chi connectivity index (χ0) is 20.9. The molecule has 0 atom stereocenters. The van der Waals surface area contributed by atoms with Gasteiger partial charge in [-0.3, -0.25) is 0 Å². The van der Waals surface area contributed by atoms with Gasteiger partial charge < -0.3 is 19.9 Å². The fourth-order valence-corrected chi connectivity index (χ4v) is 3.52. The smallest absolute Gasteiger partial charge is 0.149 e. The molecular weight excluding hydrogens is 374 g/mol. The number of methoxy groups -OCH3 is 1. The Bertz CT molecular complexity index is 1030. The van der Waals surface area contributed by atoms with Crippen molar-refractivity contribution in [1.29, 1.82) is 5.26 Å². The van der Waals surface area contributed by atoms with Crippen molar-refractivity contribution in [3.63, 3.8) is 0 Å². The van der Waals surface area contributed by atoms with Gasteiger partial charge in [-0.25, -0.2) is 4.98 Å². The van der Waals surface area contributed by atoms with Crippen LogP contribution in [0.25, 0.3) is 11.3 Å². The maximum absolute atomic E-state index is 9.50. The first kappa shape index (κ1) is 19.7. The summed E-state index contributed by atoms with van der Waals surface area (Å²) < 4.78 is 5.22. The Morgan fingerprint density at radius 1 is 0.933 bits per heavy atom. The van der Waals surface area contributed by atoms with E-state index in [9.17, 15) is 5.26 Å². The summed E-state index contributed by atoms with van der Waals surface area (Å²) in [4.78, 5) is 9.44. The summed E-state index contributed by atoms with van der Waals surface area (Å²) in [5.74, 6) is 1.35. The minimum absolute atomic E-state index is 0.510. The van der Waals surface area contributed by atoms with Crippen molar-refractivity contribution >= 4 is 17.2 Å². The third-order valence-corrected chi connectivity index (χ3v) is 5.40. The lowest BCUT2D eigenvalue weighted by molar-refractivity contribution is 0.313. The summed E-state index contributed by atoms with van der Waals surface area (Å²) in [7, 11) is 3.80. The number of hydrogen-bond acceptors (Lipinski definition) is 6. The Labute approximate surface area is 177 Å². The summed E-state index contributed by atoms with van der Waals surface area (Å²) >= 11 is 0. The molecule has 0 aliphatic carbocycles. The molecule has 30 heavy (non-hydrogen) atoms. The van der Waals surface area contributed by atoms with Crippen LogP contribution in [0.4, 0.5) is 17.2 Å². The zero-order valence-electron chi connectivity index (χ0n) is 17.3. The van der Waals surface area contributed by atoms with Crippen LogP contribution in [0, 0.1) is 11.3 Å². The van der Waals surface area contributed by atoms with E-state index in [1.807, 2.05) is 42.5 Å². The highest BCUT2D eigenvalue weighted by molar-refractivity contribution is 5.69. The van der Waals surface area contributed by atoms with E-state index < -0.39 is 0 Å². The van der Waals surface area contributed by atoms with E-state index in [-0.39, 0.29) is 0 Å². The van der Waals surface area contributed by atoms with Crippen molar-refractivity contribution in [2.45, 2.75) is 0 Å². The van der Waals surface area contributed by atoms with Crippen LogP contribution in [0.15, 0.2) is 60.7 Å². The van der Waals surface area contributed by atoms with Gasteiger partial charge in [0.15, 0.2) is 0 Å². The normalized spacial score (nSPS) is 14.2. The Morgan fingerprint density at radius 2 is 1.63 bits per heavy atom. The SMILES string of the molecule is COc1ccc(-c2ccc(C#N)c(Nc3ccc(N4CCN(C)CC4)cc3)n2)cc1. The lowest BCUT2D eigenvalue weighted by Gasteiger charge is -2.34. The van der Waals surface area contributed by atoms with E-state index in [1.54, 1.807) is 13.2 Å². The van der Waals surface area contributed by atoms with Crippen molar-refractivity contribution in [1.82, 2.24) is 9.88 Å². The van der Waals surface area contributed by atoms with E-state index in [1.165, 1.54) is 5.69 Å². The van der Waals surface area contributed by atoms with Crippen LogP contribution in [0.2, 0.25) is 0 Å². The standard InChI is InChI=1S/C24H25N5O/c1-28-13-15-29(16-14-28)21-8-6-20(7-9-21)26-24-19(17-25)5-12-23(27-24)18-3-10-22(30-2)11-4-18/h3-12H,13-16H2,1-2H3,(H,26,27). The molecule has 0 radical (unpaired) electrons. The zero-order valence-corrected chi connectivity index (χ0v) is 17.3. The summed E-state index contributed by atoms with van der Waals surface area (Å²) in [6.07, 6.45) is 0. The van der Waals surface area contributed by atoms with Gasteiger partial charge in [0.2, 0.25) is 0 Å². The van der Waals surface area contributed by atoms with Crippen LogP contribution in [0.1, 0.15) is 5.56 Å². The van der Waals surface area contributed by atoms with Crippen LogP contribution < -0.4 is 15.0 Å². The number of anilines is 3. The molecule has 2 aromatic carbocycles. The van der Waals surface area contributed by atoms with Gasteiger partial charge in [0.25, 0.3) is 0 Å². The van der Waals surface area contributed by atoms with Crippen molar-refractivity contribution in [3.8, 4) is 23.1 Å². The fourth-order valence-electron chi connectivity index (χ4n) is 3.52. The number of pyridine rings is 1. The molecule has 6 nitrogen and oxygen atoms in total. The average Bonchev–Trinajstić information content (AvgIpc) is 2.80. The van der Waals surface area contributed by atoms with Crippen LogP contribution in [-0.2, 0) is 0 Å². The lowest BCUT2D eigenvalue weighted by atomic mass is 10.1. The maximum Gasteiger partial charge on any atom is 0.149 e. The Balaban J connectivity index is 1.53. The van der Waals surface area contributed by atoms with Crippen molar-refractivity contribution in [2.75, 3.05) is 50.6 Å². The number of nitrogens with one attached hydrogen (secondary N) is 1. The lowest BCUT2D eigenvalue weighted by Crippen LogP contribution is -2.44. The molecule has 2 heterocycles. The second-order valence-corrected chi connectivity index (χ2v) is 7.40. The van der Waals surface area contributed by atoms with Gasteiger partial charge in [-0.2, -0.15) is 5.26 Å². The van der Waals surface area contributed by atoms with Gasteiger partial charge in [-0.15, -0.1) is 0 Å². The fraction of sp³-hybridized carbons (Fsp3) is 0.250. The predicted molar refractivity (Wildman–Crippen MR) is 120 cm³/mol. The first-order chi connectivity index (χ1) is 14.7. The maximum atomic E-state index is 9.50.